The van der Waals surface area contributed by atoms with Gasteiger partial charge in [-0.25, -0.2) is 9.78 Å². The fourth-order valence-electron chi connectivity index (χ4n) is 1.94. The molecule has 122 valence electrons. The highest BCUT2D eigenvalue weighted by Gasteiger charge is 2.26. The van der Waals surface area contributed by atoms with E-state index in [2.05, 4.69) is 20.5 Å². The number of thioether (sulfide) groups is 1. The van der Waals surface area contributed by atoms with Crippen molar-refractivity contribution in [2.45, 2.75) is 31.2 Å². The van der Waals surface area contributed by atoms with E-state index in [0.29, 0.717) is 11.0 Å². The molecule has 4 N–H and O–H groups in total. The number of benzene rings is 1. The summed E-state index contributed by atoms with van der Waals surface area (Å²) < 4.78 is 0. The summed E-state index contributed by atoms with van der Waals surface area (Å²) in [5, 5.41) is 9.03. The van der Waals surface area contributed by atoms with Crippen LogP contribution in [0.5, 0.6) is 0 Å². The summed E-state index contributed by atoms with van der Waals surface area (Å²) in [6.07, 6.45) is 0. The Bertz CT molecular complexity index is 696. The summed E-state index contributed by atoms with van der Waals surface area (Å²) in [4.78, 5) is 27.3. The van der Waals surface area contributed by atoms with Gasteiger partial charge < -0.3 is 5.73 Å². The maximum Gasteiger partial charge on any atom is 0.318 e. The van der Waals surface area contributed by atoms with Gasteiger partial charge in [0.1, 0.15) is 0 Å². The minimum atomic E-state index is -0.864. The van der Waals surface area contributed by atoms with Gasteiger partial charge in [-0.15, -0.1) is 5.10 Å². The highest BCUT2D eigenvalue weighted by Crippen LogP contribution is 2.27. The number of nitrogens with two attached hydrogens (primary N) is 1. The molecule has 1 heterocycles. The first-order valence-corrected chi connectivity index (χ1v) is 8.01. The van der Waals surface area contributed by atoms with Gasteiger partial charge in [-0.3, -0.25) is 15.2 Å². The molecule has 1 aromatic heterocycles. The molecular formula is C15H19N5O2S. The van der Waals surface area contributed by atoms with Crippen LogP contribution in [0, 0.1) is 12.8 Å². The Morgan fingerprint density at radius 3 is 2.48 bits per heavy atom. The quantitative estimate of drug-likeness (QED) is 0.725. The summed E-state index contributed by atoms with van der Waals surface area (Å²) in [6, 6.07) is 7.01. The van der Waals surface area contributed by atoms with Gasteiger partial charge in [-0.1, -0.05) is 55.4 Å². The molecule has 0 radical (unpaired) electrons. The first-order chi connectivity index (χ1) is 10.9. The number of urea groups is 1. The first kappa shape index (κ1) is 17.0. The molecule has 0 aliphatic heterocycles. The van der Waals surface area contributed by atoms with E-state index in [1.165, 1.54) is 11.8 Å². The smallest absolute Gasteiger partial charge is 0.318 e. The Hall–Kier alpha value is -2.35. The zero-order chi connectivity index (χ0) is 17.0. The molecule has 0 bridgehead atoms. The highest BCUT2D eigenvalue weighted by molar-refractivity contribution is 8.00. The van der Waals surface area contributed by atoms with Crippen molar-refractivity contribution >= 4 is 23.7 Å². The lowest BCUT2D eigenvalue weighted by Crippen LogP contribution is -2.42. The molecule has 2 rings (SSSR count). The van der Waals surface area contributed by atoms with Crippen molar-refractivity contribution < 1.29 is 9.59 Å². The Kier molecular flexibility index (Phi) is 5.38. The standard InChI is InChI=1S/C15H19N5O2S/c1-8(2)11(13(21)18-14(16)22)23-15-17-12(19-20-15)10-6-4-9(3)5-7-10/h4-8,11H,1-3H3,(H,17,19,20)(H3,16,18,21,22)/t11-/m0/s1. The minimum absolute atomic E-state index is 0.0133. The van der Waals surface area contributed by atoms with E-state index in [-0.39, 0.29) is 5.92 Å². The number of aryl methyl sites for hydroxylation is 1. The zero-order valence-electron chi connectivity index (χ0n) is 13.2. The van der Waals surface area contributed by atoms with Gasteiger partial charge >= 0.3 is 6.03 Å². The minimum Gasteiger partial charge on any atom is -0.351 e. The summed E-state index contributed by atoms with van der Waals surface area (Å²) in [5.74, 6) is 0.171. The first-order valence-electron chi connectivity index (χ1n) is 7.13. The van der Waals surface area contributed by atoms with Crippen molar-refractivity contribution in [2.75, 3.05) is 0 Å². The topological polar surface area (TPSA) is 114 Å². The molecule has 0 saturated heterocycles. The van der Waals surface area contributed by atoms with Gasteiger partial charge in [-0.05, 0) is 12.8 Å². The average Bonchev–Trinajstić information content (AvgIpc) is 2.93. The van der Waals surface area contributed by atoms with Crippen LogP contribution in [0.3, 0.4) is 0 Å². The van der Waals surface area contributed by atoms with Crippen LogP contribution in [0.25, 0.3) is 11.4 Å². The summed E-state index contributed by atoms with van der Waals surface area (Å²) in [6.45, 7) is 5.77. The third kappa shape index (κ3) is 4.56. The number of nitrogens with zero attached hydrogens (tertiary/aromatic N) is 2. The van der Waals surface area contributed by atoms with Gasteiger partial charge in [0.15, 0.2) is 5.82 Å². The van der Waals surface area contributed by atoms with E-state index in [1.807, 2.05) is 45.0 Å². The number of H-pyrrole nitrogens is 1. The third-order valence-electron chi connectivity index (χ3n) is 3.13. The van der Waals surface area contributed by atoms with Crippen LogP contribution in [0.15, 0.2) is 29.4 Å². The van der Waals surface area contributed by atoms with Crippen molar-refractivity contribution in [3.63, 3.8) is 0 Å². The number of rotatable bonds is 5. The lowest BCUT2D eigenvalue weighted by Gasteiger charge is -2.16. The van der Waals surface area contributed by atoms with Crippen LogP contribution in [-0.2, 0) is 4.79 Å². The summed E-state index contributed by atoms with van der Waals surface area (Å²) in [7, 11) is 0. The molecular weight excluding hydrogens is 314 g/mol. The van der Waals surface area contributed by atoms with Crippen LogP contribution < -0.4 is 11.1 Å². The summed E-state index contributed by atoms with van der Waals surface area (Å²) >= 11 is 1.19. The van der Waals surface area contributed by atoms with E-state index in [9.17, 15) is 9.59 Å². The maximum absolute atomic E-state index is 12.0. The Morgan fingerprint density at radius 1 is 1.26 bits per heavy atom. The number of primary amides is 1. The number of aromatic amines is 1. The molecule has 23 heavy (non-hydrogen) atoms. The fourth-order valence-corrected chi connectivity index (χ4v) is 2.85. The van der Waals surface area contributed by atoms with E-state index in [1.54, 1.807) is 0 Å². The molecule has 1 aromatic carbocycles. The van der Waals surface area contributed by atoms with Crippen molar-refractivity contribution in [3.8, 4) is 11.4 Å². The van der Waals surface area contributed by atoms with Crippen molar-refractivity contribution in [1.82, 2.24) is 20.5 Å². The molecule has 0 aliphatic carbocycles. The van der Waals surface area contributed by atoms with Crippen LogP contribution in [0.2, 0.25) is 0 Å². The fraction of sp³-hybridized carbons (Fsp3) is 0.333. The van der Waals surface area contributed by atoms with E-state index < -0.39 is 17.2 Å². The van der Waals surface area contributed by atoms with Gasteiger partial charge in [0, 0.05) is 5.56 Å². The number of carbonyl (C=O) groups excluding carboxylic acids is 2. The molecule has 0 saturated carbocycles. The Labute approximate surface area is 138 Å². The molecule has 0 fully saturated rings. The number of nitrogens with one attached hydrogen (secondary N) is 2. The van der Waals surface area contributed by atoms with Crippen LogP contribution in [-0.4, -0.2) is 32.4 Å². The Balaban J connectivity index is 2.14. The van der Waals surface area contributed by atoms with Crippen LogP contribution in [0.1, 0.15) is 19.4 Å². The van der Waals surface area contributed by atoms with Crippen molar-refractivity contribution in [1.29, 1.82) is 0 Å². The Morgan fingerprint density at radius 2 is 1.91 bits per heavy atom. The lowest BCUT2D eigenvalue weighted by atomic mass is 10.1. The van der Waals surface area contributed by atoms with Crippen LogP contribution >= 0.6 is 11.8 Å². The average molecular weight is 333 g/mol. The molecule has 0 spiro atoms. The number of carbonyl (C=O) groups is 2. The predicted molar refractivity (Wildman–Crippen MR) is 88.8 cm³/mol. The molecule has 3 amide bonds. The molecule has 0 aliphatic rings. The molecule has 1 atom stereocenters. The van der Waals surface area contributed by atoms with Crippen LogP contribution in [0.4, 0.5) is 4.79 Å². The van der Waals surface area contributed by atoms with E-state index in [0.717, 1.165) is 11.1 Å². The molecule has 7 nitrogen and oxygen atoms in total. The lowest BCUT2D eigenvalue weighted by molar-refractivity contribution is -0.120. The van der Waals surface area contributed by atoms with Crippen molar-refractivity contribution in [3.05, 3.63) is 29.8 Å². The van der Waals surface area contributed by atoms with Gasteiger partial charge in [0.2, 0.25) is 11.1 Å². The second-order valence-electron chi connectivity index (χ2n) is 5.47. The number of hydrogen-bond donors (Lipinski definition) is 3. The largest absolute Gasteiger partial charge is 0.351 e. The van der Waals surface area contributed by atoms with E-state index in [4.69, 9.17) is 5.73 Å². The van der Waals surface area contributed by atoms with Gasteiger partial charge in [0.25, 0.3) is 0 Å². The monoisotopic (exact) mass is 333 g/mol. The summed E-state index contributed by atoms with van der Waals surface area (Å²) in [5.41, 5.74) is 7.07. The van der Waals surface area contributed by atoms with Gasteiger partial charge in [-0.2, -0.15) is 0 Å². The second kappa shape index (κ2) is 7.28. The number of amides is 3. The molecule has 8 heteroatoms. The maximum atomic E-state index is 12.0. The number of imide groups is 1. The number of aromatic nitrogens is 3. The second-order valence-corrected chi connectivity index (χ2v) is 6.58. The normalized spacial score (nSPS) is 12.2. The van der Waals surface area contributed by atoms with Gasteiger partial charge in [0.05, 0.1) is 5.25 Å². The highest BCUT2D eigenvalue weighted by atomic mass is 32.2. The number of hydrogen-bond acceptors (Lipinski definition) is 5. The zero-order valence-corrected chi connectivity index (χ0v) is 14.0. The van der Waals surface area contributed by atoms with E-state index >= 15 is 0 Å². The predicted octanol–water partition coefficient (Wildman–Crippen LogP) is 2.09. The molecule has 2 aromatic rings. The SMILES string of the molecule is Cc1ccc(-c2nc(S[C@H](C(=O)NC(N)=O)C(C)C)n[nH]2)cc1. The molecule has 0 unspecified atom stereocenters. The van der Waals surface area contributed by atoms with Crippen molar-refractivity contribution in [2.24, 2.45) is 11.7 Å². The third-order valence-corrected chi connectivity index (χ3v) is 4.54.